The van der Waals surface area contributed by atoms with Gasteiger partial charge < -0.3 is 4.90 Å². The smallest absolute Gasteiger partial charge is 0.269 e. The molecule has 1 fully saturated rings. The van der Waals surface area contributed by atoms with Gasteiger partial charge in [-0.05, 0) is 18.6 Å². The molecule has 2 rings (SSSR count). The molecule has 5 heteroatoms. The molecule has 0 bridgehead atoms. The van der Waals surface area contributed by atoms with Crippen molar-refractivity contribution >= 4 is 11.4 Å². The summed E-state index contributed by atoms with van der Waals surface area (Å²) < 4.78 is 0. The third-order valence-corrected chi connectivity index (χ3v) is 3.68. The second kappa shape index (κ2) is 6.40. The second-order valence-electron chi connectivity index (χ2n) is 5.01. The fourth-order valence-corrected chi connectivity index (χ4v) is 2.54. The van der Waals surface area contributed by atoms with Crippen LogP contribution in [0.1, 0.15) is 12.0 Å². The van der Waals surface area contributed by atoms with Crippen LogP contribution < -0.4 is 4.90 Å². The Labute approximate surface area is 119 Å². The molecule has 1 aliphatic heterocycles. The van der Waals surface area contributed by atoms with Crippen molar-refractivity contribution in [2.75, 3.05) is 37.6 Å². The largest absolute Gasteiger partial charge is 0.369 e. The lowest BCUT2D eigenvalue weighted by atomic mass is 10.1. The van der Waals surface area contributed by atoms with E-state index in [2.05, 4.69) is 15.7 Å². The quantitative estimate of drug-likeness (QED) is 0.478. The van der Waals surface area contributed by atoms with Crippen LogP contribution in [0, 0.1) is 29.4 Å². The summed E-state index contributed by atoms with van der Waals surface area (Å²) in [7, 11) is 0. The molecule has 0 spiro atoms. The van der Waals surface area contributed by atoms with Gasteiger partial charge in [0.1, 0.15) is 0 Å². The molecule has 5 nitrogen and oxygen atoms in total. The van der Waals surface area contributed by atoms with E-state index in [1.165, 1.54) is 0 Å². The average Bonchev–Trinajstić information content (AvgIpc) is 2.45. The highest BCUT2D eigenvalue weighted by atomic mass is 16.6. The van der Waals surface area contributed by atoms with Gasteiger partial charge in [-0.3, -0.25) is 15.0 Å². The number of piperazine rings is 1. The summed E-state index contributed by atoms with van der Waals surface area (Å²) in [4.78, 5) is 15.0. The standard InChI is InChI=1S/C15H19N3O2/c1-3-4-7-16-8-10-17(11-9-16)15-6-5-14(18(19)20)12-13(15)2/h1,5-6,12H,4,7-11H2,2H3. The van der Waals surface area contributed by atoms with Gasteiger partial charge in [-0.1, -0.05) is 0 Å². The van der Waals surface area contributed by atoms with Gasteiger partial charge in [0.25, 0.3) is 5.69 Å². The third kappa shape index (κ3) is 3.28. The Balaban J connectivity index is 2.00. The number of terminal acetylenes is 1. The number of nitro groups is 1. The molecule has 0 N–H and O–H groups in total. The van der Waals surface area contributed by atoms with Crippen LogP contribution in [0.15, 0.2) is 18.2 Å². The minimum Gasteiger partial charge on any atom is -0.369 e. The SMILES string of the molecule is C#CCCN1CCN(c2ccc([N+](=O)[O-])cc2C)CC1. The Hall–Kier alpha value is -2.06. The summed E-state index contributed by atoms with van der Waals surface area (Å²) in [6, 6.07) is 5.07. The normalized spacial score (nSPS) is 15.9. The summed E-state index contributed by atoms with van der Waals surface area (Å²) in [6.45, 7) is 6.71. The predicted molar refractivity (Wildman–Crippen MR) is 79.9 cm³/mol. The van der Waals surface area contributed by atoms with E-state index in [1.54, 1.807) is 12.1 Å². The molecule has 0 aliphatic carbocycles. The van der Waals surface area contributed by atoms with Crippen LogP contribution in [0.5, 0.6) is 0 Å². The van der Waals surface area contributed by atoms with E-state index in [-0.39, 0.29) is 10.6 Å². The number of non-ortho nitro benzene ring substituents is 1. The van der Waals surface area contributed by atoms with Crippen molar-refractivity contribution in [2.45, 2.75) is 13.3 Å². The van der Waals surface area contributed by atoms with E-state index < -0.39 is 0 Å². The fraction of sp³-hybridized carbons (Fsp3) is 0.467. The van der Waals surface area contributed by atoms with Crippen molar-refractivity contribution in [3.63, 3.8) is 0 Å². The number of nitrogens with zero attached hydrogens (tertiary/aromatic N) is 3. The molecule has 1 aromatic rings. The van der Waals surface area contributed by atoms with Crippen LogP contribution in [-0.2, 0) is 0 Å². The molecular formula is C15H19N3O2. The molecule has 0 amide bonds. The number of nitro benzene ring substituents is 1. The molecule has 0 unspecified atom stereocenters. The second-order valence-corrected chi connectivity index (χ2v) is 5.01. The van der Waals surface area contributed by atoms with Gasteiger partial charge in [-0.2, -0.15) is 0 Å². The Morgan fingerprint density at radius 2 is 2.05 bits per heavy atom. The number of rotatable bonds is 4. The first kappa shape index (κ1) is 14.4. The van der Waals surface area contributed by atoms with Crippen LogP contribution in [0.25, 0.3) is 0 Å². The predicted octanol–water partition coefficient (Wildman–Crippen LogP) is 2.05. The lowest BCUT2D eigenvalue weighted by molar-refractivity contribution is -0.384. The van der Waals surface area contributed by atoms with Crippen LogP contribution in [0.2, 0.25) is 0 Å². The first-order chi connectivity index (χ1) is 9.61. The molecule has 0 radical (unpaired) electrons. The summed E-state index contributed by atoms with van der Waals surface area (Å²) in [5.41, 5.74) is 2.20. The molecule has 20 heavy (non-hydrogen) atoms. The molecule has 1 saturated heterocycles. The highest BCUT2D eigenvalue weighted by Crippen LogP contribution is 2.25. The number of aryl methyl sites for hydroxylation is 1. The Morgan fingerprint density at radius 1 is 1.35 bits per heavy atom. The molecule has 0 saturated carbocycles. The number of hydrogen-bond acceptors (Lipinski definition) is 4. The summed E-state index contributed by atoms with van der Waals surface area (Å²) in [5.74, 6) is 2.66. The van der Waals surface area contributed by atoms with E-state index >= 15 is 0 Å². The number of benzene rings is 1. The molecule has 106 valence electrons. The Kier molecular flexibility index (Phi) is 4.59. The third-order valence-electron chi connectivity index (χ3n) is 3.68. The Morgan fingerprint density at radius 3 is 2.60 bits per heavy atom. The fourth-order valence-electron chi connectivity index (χ4n) is 2.54. The lowest BCUT2D eigenvalue weighted by Gasteiger charge is -2.36. The molecular weight excluding hydrogens is 254 g/mol. The van der Waals surface area contributed by atoms with E-state index in [1.807, 2.05) is 13.0 Å². The average molecular weight is 273 g/mol. The van der Waals surface area contributed by atoms with Crippen LogP contribution in [0.3, 0.4) is 0 Å². The van der Waals surface area contributed by atoms with E-state index in [0.29, 0.717) is 0 Å². The molecule has 0 atom stereocenters. The lowest BCUT2D eigenvalue weighted by Crippen LogP contribution is -2.46. The first-order valence-corrected chi connectivity index (χ1v) is 6.77. The number of anilines is 1. The minimum absolute atomic E-state index is 0.152. The van der Waals surface area contributed by atoms with Gasteiger partial charge >= 0.3 is 0 Å². The zero-order valence-electron chi connectivity index (χ0n) is 11.7. The van der Waals surface area contributed by atoms with Crippen molar-refractivity contribution in [1.29, 1.82) is 0 Å². The molecule has 1 heterocycles. The Bertz CT molecular complexity index is 528. The first-order valence-electron chi connectivity index (χ1n) is 6.77. The highest BCUT2D eigenvalue weighted by molar-refractivity contribution is 5.57. The molecule has 0 aromatic heterocycles. The maximum atomic E-state index is 10.8. The van der Waals surface area contributed by atoms with E-state index in [4.69, 9.17) is 6.42 Å². The van der Waals surface area contributed by atoms with Crippen molar-refractivity contribution in [1.82, 2.24) is 4.90 Å². The maximum Gasteiger partial charge on any atom is 0.269 e. The molecule has 1 aromatic carbocycles. The van der Waals surface area contributed by atoms with Gasteiger partial charge in [0.2, 0.25) is 0 Å². The van der Waals surface area contributed by atoms with Crippen LogP contribution in [-0.4, -0.2) is 42.5 Å². The summed E-state index contributed by atoms with van der Waals surface area (Å²) in [6.07, 6.45) is 6.07. The zero-order chi connectivity index (χ0) is 14.5. The monoisotopic (exact) mass is 273 g/mol. The minimum atomic E-state index is -0.353. The van der Waals surface area contributed by atoms with Crippen molar-refractivity contribution < 1.29 is 4.92 Å². The van der Waals surface area contributed by atoms with Gasteiger partial charge in [-0.15, -0.1) is 12.3 Å². The van der Waals surface area contributed by atoms with Crippen molar-refractivity contribution in [3.8, 4) is 12.3 Å². The number of hydrogen-bond donors (Lipinski definition) is 0. The zero-order valence-corrected chi connectivity index (χ0v) is 11.7. The van der Waals surface area contributed by atoms with Gasteiger partial charge in [-0.25, -0.2) is 0 Å². The van der Waals surface area contributed by atoms with Crippen LogP contribution >= 0.6 is 0 Å². The summed E-state index contributed by atoms with van der Waals surface area (Å²) >= 11 is 0. The van der Waals surface area contributed by atoms with E-state index in [9.17, 15) is 10.1 Å². The van der Waals surface area contributed by atoms with Crippen LogP contribution in [0.4, 0.5) is 11.4 Å². The summed E-state index contributed by atoms with van der Waals surface area (Å²) in [5, 5.41) is 10.8. The van der Waals surface area contributed by atoms with Crippen molar-refractivity contribution in [3.05, 3.63) is 33.9 Å². The highest BCUT2D eigenvalue weighted by Gasteiger charge is 2.19. The van der Waals surface area contributed by atoms with E-state index in [0.717, 1.165) is 50.4 Å². The van der Waals surface area contributed by atoms with Crippen molar-refractivity contribution in [2.24, 2.45) is 0 Å². The topological polar surface area (TPSA) is 49.6 Å². The maximum absolute atomic E-state index is 10.8. The van der Waals surface area contributed by atoms with Gasteiger partial charge in [0.15, 0.2) is 0 Å². The van der Waals surface area contributed by atoms with Gasteiger partial charge in [0.05, 0.1) is 4.92 Å². The van der Waals surface area contributed by atoms with Gasteiger partial charge in [0, 0.05) is 57.0 Å². The molecule has 1 aliphatic rings.